The van der Waals surface area contributed by atoms with E-state index in [4.69, 9.17) is 18.9 Å². The van der Waals surface area contributed by atoms with Gasteiger partial charge in [0.05, 0.1) is 30.3 Å². The van der Waals surface area contributed by atoms with Crippen molar-refractivity contribution >= 4 is 17.8 Å². The zero-order valence-corrected chi connectivity index (χ0v) is 36.7. The fourth-order valence-corrected chi connectivity index (χ4v) is 12.7. The van der Waals surface area contributed by atoms with Gasteiger partial charge in [-0.2, -0.15) is 0 Å². The van der Waals surface area contributed by atoms with Crippen LogP contribution in [0.25, 0.3) is 0 Å². The van der Waals surface area contributed by atoms with Gasteiger partial charge in [0.2, 0.25) is 5.91 Å². The Morgan fingerprint density at radius 3 is 2.08 bits per heavy atom. The first kappa shape index (κ1) is 48.2. The SMILES string of the molecule is CC(=O)N[C@H]1[C@H](O[C@H]2CC[C@]3(C)C4=C(CC[C@H]3[C@@]2(C)C(=O)O)[C@@H]2CC[C@H]([C@H](C)[C@@H](O)[C@@H](O)[C@H](C)C(C)C)[C@@]2(C)CC4)O[C@H](CO[C@@H]2O[C@H](C(=O)O)[C@@H](O)[C@H](O)[C@H]2O)[C@@H](O)[C@@H]1O. The Morgan fingerprint density at radius 2 is 1.48 bits per heavy atom. The van der Waals surface area contributed by atoms with Crippen LogP contribution in [-0.2, 0) is 33.3 Å². The molecule has 0 aromatic rings. The van der Waals surface area contributed by atoms with Gasteiger partial charge in [0.25, 0.3) is 0 Å². The number of ether oxygens (including phenoxy) is 4. The Kier molecular flexibility index (Phi) is 14.2. The summed E-state index contributed by atoms with van der Waals surface area (Å²) in [6, 6.07) is -1.34. The Bertz CT molecular complexity index is 1660. The van der Waals surface area contributed by atoms with Crippen molar-refractivity contribution in [3.63, 3.8) is 0 Å². The van der Waals surface area contributed by atoms with Crippen LogP contribution < -0.4 is 5.32 Å². The Hall–Kier alpha value is -2.29. The topological polar surface area (TPSA) is 282 Å². The zero-order valence-electron chi connectivity index (χ0n) is 36.7. The minimum atomic E-state index is -1.96. The summed E-state index contributed by atoms with van der Waals surface area (Å²) in [6.07, 6.45) is -12.8. The highest BCUT2D eigenvalue weighted by atomic mass is 16.7. The van der Waals surface area contributed by atoms with E-state index < -0.39 is 115 Å². The highest BCUT2D eigenvalue weighted by molar-refractivity contribution is 5.76. The molecule has 21 atom stereocenters. The van der Waals surface area contributed by atoms with Crippen LogP contribution in [-0.4, -0.2) is 150 Å². The van der Waals surface area contributed by atoms with Crippen LogP contribution in [0.15, 0.2) is 11.1 Å². The highest BCUT2D eigenvalue weighted by Crippen LogP contribution is 2.68. The number of carboxylic acids is 2. The molecule has 0 aromatic heterocycles. The van der Waals surface area contributed by atoms with Crippen LogP contribution in [0.5, 0.6) is 0 Å². The molecular weight excluding hydrogens is 798 g/mol. The lowest BCUT2D eigenvalue weighted by Crippen LogP contribution is -2.67. The molecular formula is C44H71NO16. The van der Waals surface area contributed by atoms with Crippen LogP contribution in [0.3, 0.4) is 0 Å². The lowest BCUT2D eigenvalue weighted by molar-refractivity contribution is -0.325. The van der Waals surface area contributed by atoms with E-state index in [1.807, 2.05) is 6.92 Å². The van der Waals surface area contributed by atoms with Gasteiger partial charge in [-0.15, -0.1) is 0 Å². The summed E-state index contributed by atoms with van der Waals surface area (Å²) in [7, 11) is 0. The van der Waals surface area contributed by atoms with Crippen LogP contribution >= 0.6 is 0 Å². The summed E-state index contributed by atoms with van der Waals surface area (Å²) in [6.45, 7) is 14.9. The van der Waals surface area contributed by atoms with Crippen LogP contribution in [0.2, 0.25) is 0 Å². The number of rotatable bonds is 13. The van der Waals surface area contributed by atoms with Crippen LogP contribution in [0.4, 0.5) is 0 Å². The lowest BCUT2D eigenvalue weighted by atomic mass is 9.45. The molecule has 2 heterocycles. The van der Waals surface area contributed by atoms with Crippen molar-refractivity contribution in [3.8, 4) is 0 Å². The predicted octanol–water partition coefficient (Wildman–Crippen LogP) is 1.31. The minimum absolute atomic E-state index is 0.0480. The largest absolute Gasteiger partial charge is 0.481 e. The molecule has 0 bridgehead atoms. The summed E-state index contributed by atoms with van der Waals surface area (Å²) in [4.78, 5) is 37.6. The number of hydrogen-bond acceptors (Lipinski definition) is 14. The molecule has 4 aliphatic carbocycles. The number of aliphatic carboxylic acids is 2. The molecule has 6 rings (SSSR count). The number of nitrogens with one attached hydrogen (secondary N) is 1. The summed E-state index contributed by atoms with van der Waals surface area (Å²) in [5.74, 6) is -3.06. The molecule has 2 saturated heterocycles. The third-order valence-corrected chi connectivity index (χ3v) is 16.8. The molecule has 0 radical (unpaired) electrons. The predicted molar refractivity (Wildman–Crippen MR) is 215 cm³/mol. The number of aliphatic hydroxyl groups excluding tert-OH is 7. The standard InChI is InChI=1S/C44H71NO16/c1-18(2)19(3)30(47)31(48)20(4)23-10-11-24-22-9-12-27-43(7,25(22)13-15-42(23,24)6)16-14-28(44(27,8)41(56)57)60-39-29(45-21(5)46)33(50)32(49)26(59-39)17-58-40-36(53)34(51)35(52)37(61-40)38(54)55/h18-20,23-24,26-37,39-40,47-53H,9-17H2,1-8H3,(H,45,46)(H,54,55)(H,56,57)/t19-,20+,23-,24+,26-,27-,28+,29-,30+,31-,32-,33-,34+,35+,36-,37+,39+,40-,42-,43-,44-/m1/s1. The molecule has 6 aliphatic rings. The molecule has 10 N–H and O–H groups in total. The highest BCUT2D eigenvalue weighted by Gasteiger charge is 2.64. The van der Waals surface area contributed by atoms with Gasteiger partial charge in [0.15, 0.2) is 18.7 Å². The summed E-state index contributed by atoms with van der Waals surface area (Å²) in [5.41, 5.74) is 0.701. The van der Waals surface area contributed by atoms with Crippen LogP contribution in [0, 0.1) is 51.8 Å². The molecule has 1 amide bonds. The van der Waals surface area contributed by atoms with E-state index >= 15 is 0 Å². The first-order chi connectivity index (χ1) is 28.4. The molecule has 17 nitrogen and oxygen atoms in total. The summed E-state index contributed by atoms with van der Waals surface area (Å²) in [5, 5.41) is 98.9. The number of carboxylic acid groups (broad SMARTS) is 2. The second-order valence-corrected chi connectivity index (χ2v) is 20.3. The van der Waals surface area contributed by atoms with E-state index in [2.05, 4.69) is 39.9 Å². The van der Waals surface area contributed by atoms with E-state index in [0.29, 0.717) is 19.3 Å². The fraction of sp³-hybridized carbons (Fsp3) is 0.886. The van der Waals surface area contributed by atoms with Gasteiger partial charge in [-0.05, 0) is 105 Å². The Labute approximate surface area is 357 Å². The number of carbonyl (C=O) groups excluding carboxylic acids is 1. The average Bonchev–Trinajstić information content (AvgIpc) is 3.56. The second-order valence-electron chi connectivity index (χ2n) is 20.3. The number of fused-ring (bicyclic) bond motifs is 4. The molecule has 2 aliphatic heterocycles. The molecule has 61 heavy (non-hydrogen) atoms. The van der Waals surface area contributed by atoms with Crippen molar-refractivity contribution in [1.29, 1.82) is 0 Å². The molecule has 0 spiro atoms. The fourth-order valence-electron chi connectivity index (χ4n) is 12.7. The van der Waals surface area contributed by atoms with Gasteiger partial charge in [0, 0.05) is 6.92 Å². The van der Waals surface area contributed by atoms with Crippen molar-refractivity contribution in [2.24, 2.45) is 51.8 Å². The van der Waals surface area contributed by atoms with E-state index in [0.717, 1.165) is 25.7 Å². The van der Waals surface area contributed by atoms with Crippen LogP contribution in [0.1, 0.15) is 107 Å². The molecule has 0 unspecified atom stereocenters. The van der Waals surface area contributed by atoms with E-state index in [1.54, 1.807) is 6.92 Å². The molecule has 0 aromatic carbocycles. The molecule has 2 saturated carbocycles. The lowest BCUT2D eigenvalue weighted by Gasteiger charge is -2.60. The summed E-state index contributed by atoms with van der Waals surface area (Å²) >= 11 is 0. The van der Waals surface area contributed by atoms with E-state index in [-0.39, 0.29) is 47.3 Å². The smallest absolute Gasteiger partial charge is 0.335 e. The maximum absolute atomic E-state index is 13.6. The second kappa shape index (κ2) is 17.9. The first-order valence-electron chi connectivity index (χ1n) is 22.2. The average molecular weight is 870 g/mol. The van der Waals surface area contributed by atoms with E-state index in [1.165, 1.54) is 18.1 Å². The van der Waals surface area contributed by atoms with Crippen molar-refractivity contribution in [2.75, 3.05) is 6.61 Å². The van der Waals surface area contributed by atoms with Gasteiger partial charge >= 0.3 is 11.9 Å². The normalized spacial score (nSPS) is 45.8. The number of aliphatic hydroxyl groups is 7. The molecule has 4 fully saturated rings. The van der Waals surface area contributed by atoms with Gasteiger partial charge in [-0.25, -0.2) is 4.79 Å². The molecule has 17 heteroatoms. The van der Waals surface area contributed by atoms with Gasteiger partial charge in [-0.3, -0.25) is 9.59 Å². The number of amides is 1. The van der Waals surface area contributed by atoms with Gasteiger partial charge in [0.1, 0.15) is 42.7 Å². The van der Waals surface area contributed by atoms with Crippen molar-refractivity contribution < 1.29 is 79.3 Å². The van der Waals surface area contributed by atoms with Crippen molar-refractivity contribution in [3.05, 3.63) is 11.1 Å². The minimum Gasteiger partial charge on any atom is -0.481 e. The van der Waals surface area contributed by atoms with Gasteiger partial charge in [-0.1, -0.05) is 52.7 Å². The van der Waals surface area contributed by atoms with Crippen molar-refractivity contribution in [2.45, 2.75) is 186 Å². The number of carbonyl (C=O) groups is 3. The van der Waals surface area contributed by atoms with Crippen molar-refractivity contribution in [1.82, 2.24) is 5.32 Å². The quantitative estimate of drug-likeness (QED) is 0.117. The third kappa shape index (κ3) is 8.32. The maximum Gasteiger partial charge on any atom is 0.335 e. The Morgan fingerprint density at radius 1 is 0.803 bits per heavy atom. The summed E-state index contributed by atoms with van der Waals surface area (Å²) < 4.78 is 23.4. The van der Waals surface area contributed by atoms with E-state index in [9.17, 15) is 60.3 Å². The maximum atomic E-state index is 13.6. The van der Waals surface area contributed by atoms with Gasteiger partial charge < -0.3 is 70.2 Å². The monoisotopic (exact) mass is 869 g/mol. The zero-order chi connectivity index (χ0) is 45.3. The Balaban J connectivity index is 1.22. The number of allylic oxidation sites excluding steroid dienone is 2. The third-order valence-electron chi connectivity index (χ3n) is 16.8. The molecule has 348 valence electrons. The number of hydrogen-bond donors (Lipinski definition) is 10. The first-order valence-corrected chi connectivity index (χ1v) is 22.2.